The molecule has 0 fully saturated rings. The highest BCUT2D eigenvalue weighted by molar-refractivity contribution is 14.1. The van der Waals surface area contributed by atoms with Crippen LogP contribution in [0.5, 0.6) is 0 Å². The zero-order valence-corrected chi connectivity index (χ0v) is 12.4. The number of aryl methyl sites for hydroxylation is 1. The van der Waals surface area contributed by atoms with E-state index < -0.39 is 6.10 Å². The molecule has 2 nitrogen and oxygen atoms in total. The molecule has 0 amide bonds. The molecule has 94 valence electrons. The van der Waals surface area contributed by atoms with Crippen molar-refractivity contribution in [1.29, 1.82) is 0 Å². The van der Waals surface area contributed by atoms with Gasteiger partial charge in [0.25, 0.3) is 0 Å². The molecule has 0 aliphatic rings. The van der Waals surface area contributed by atoms with Crippen LogP contribution in [0.1, 0.15) is 17.2 Å². The van der Waals surface area contributed by atoms with Gasteiger partial charge in [-0.25, -0.2) is 0 Å². The maximum Gasteiger partial charge on any atom is 0.0962 e. The Morgan fingerprint density at radius 1 is 1.17 bits per heavy atom. The molecule has 0 spiro atoms. The van der Waals surface area contributed by atoms with Crippen molar-refractivity contribution in [3.8, 4) is 0 Å². The van der Waals surface area contributed by atoms with Crippen LogP contribution in [0.25, 0.3) is 0 Å². The first-order valence-corrected chi connectivity index (χ1v) is 6.98. The maximum absolute atomic E-state index is 10.0. The zero-order chi connectivity index (χ0) is 13.0. The minimum Gasteiger partial charge on any atom is -0.387 e. The van der Waals surface area contributed by atoms with E-state index in [0.717, 1.165) is 11.3 Å². The van der Waals surface area contributed by atoms with E-state index >= 15 is 0 Å². The smallest absolute Gasteiger partial charge is 0.0962 e. The van der Waals surface area contributed by atoms with Gasteiger partial charge in [0.05, 0.1) is 6.10 Å². The molecule has 2 aromatic rings. The molecule has 2 aromatic carbocycles. The molecule has 0 aromatic heterocycles. The van der Waals surface area contributed by atoms with Crippen LogP contribution in [0.15, 0.2) is 48.5 Å². The lowest BCUT2D eigenvalue weighted by Gasteiger charge is -2.13. The van der Waals surface area contributed by atoms with E-state index in [1.54, 1.807) is 0 Å². The monoisotopic (exact) mass is 353 g/mol. The number of hydrogen-bond acceptors (Lipinski definition) is 2. The Labute approximate surface area is 121 Å². The summed E-state index contributed by atoms with van der Waals surface area (Å²) < 4.78 is 1.23. The first-order valence-electron chi connectivity index (χ1n) is 5.90. The lowest BCUT2D eigenvalue weighted by Crippen LogP contribution is -2.12. The van der Waals surface area contributed by atoms with Crippen LogP contribution < -0.4 is 5.32 Å². The summed E-state index contributed by atoms with van der Waals surface area (Å²) in [7, 11) is 0. The number of nitrogens with one attached hydrogen (secondary N) is 1. The summed E-state index contributed by atoms with van der Waals surface area (Å²) in [6.45, 7) is 2.60. The Hall–Kier alpha value is -1.07. The highest BCUT2D eigenvalue weighted by Gasteiger charge is 2.06. The van der Waals surface area contributed by atoms with E-state index in [1.165, 1.54) is 9.13 Å². The van der Waals surface area contributed by atoms with Crippen LogP contribution >= 0.6 is 22.6 Å². The maximum atomic E-state index is 10.0. The normalized spacial score (nSPS) is 12.2. The molecule has 0 heterocycles. The molecule has 0 aliphatic carbocycles. The highest BCUT2D eigenvalue weighted by Crippen LogP contribution is 2.18. The van der Waals surface area contributed by atoms with Crippen LogP contribution in [-0.2, 0) is 0 Å². The zero-order valence-electron chi connectivity index (χ0n) is 10.2. The molecule has 1 atom stereocenters. The van der Waals surface area contributed by atoms with Gasteiger partial charge in [-0.3, -0.25) is 0 Å². The van der Waals surface area contributed by atoms with Crippen molar-refractivity contribution in [2.24, 2.45) is 0 Å². The first kappa shape index (κ1) is 13.4. The number of aliphatic hydroxyl groups excluding tert-OH is 1. The van der Waals surface area contributed by atoms with Crippen LogP contribution in [0.4, 0.5) is 5.69 Å². The third-order valence-electron chi connectivity index (χ3n) is 2.86. The van der Waals surface area contributed by atoms with Crippen molar-refractivity contribution in [3.63, 3.8) is 0 Å². The molecule has 0 aliphatic heterocycles. The molecule has 1 unspecified atom stereocenters. The van der Waals surface area contributed by atoms with Crippen LogP contribution in [0.3, 0.4) is 0 Å². The molecule has 0 saturated heterocycles. The summed E-state index contributed by atoms with van der Waals surface area (Å²) >= 11 is 2.32. The standard InChI is InChI=1S/C15H16INO/c1-11-7-8-13(9-14(11)16)17-10-15(18)12-5-3-2-4-6-12/h2-9,15,17-18H,10H2,1H3. The number of hydrogen-bond donors (Lipinski definition) is 2. The molecule has 2 rings (SSSR count). The average Bonchev–Trinajstić information content (AvgIpc) is 2.41. The van der Waals surface area contributed by atoms with Gasteiger partial charge in [0.1, 0.15) is 0 Å². The van der Waals surface area contributed by atoms with Crippen molar-refractivity contribution in [3.05, 3.63) is 63.2 Å². The second-order valence-electron chi connectivity index (χ2n) is 4.27. The number of anilines is 1. The van der Waals surface area contributed by atoms with Gasteiger partial charge in [0.2, 0.25) is 0 Å². The van der Waals surface area contributed by atoms with Crippen molar-refractivity contribution >= 4 is 28.3 Å². The summed E-state index contributed by atoms with van der Waals surface area (Å²) in [6.07, 6.45) is -0.481. The number of aliphatic hydroxyl groups is 1. The largest absolute Gasteiger partial charge is 0.387 e. The number of halogens is 1. The SMILES string of the molecule is Cc1ccc(NCC(O)c2ccccc2)cc1I. The lowest BCUT2D eigenvalue weighted by molar-refractivity contribution is 0.191. The van der Waals surface area contributed by atoms with Gasteiger partial charge < -0.3 is 10.4 Å². The van der Waals surface area contributed by atoms with Gasteiger partial charge >= 0.3 is 0 Å². The summed E-state index contributed by atoms with van der Waals surface area (Å²) in [5.74, 6) is 0. The minimum absolute atomic E-state index is 0.481. The van der Waals surface area contributed by atoms with Crippen molar-refractivity contribution in [2.75, 3.05) is 11.9 Å². The van der Waals surface area contributed by atoms with E-state index in [2.05, 4.69) is 47.0 Å². The second-order valence-corrected chi connectivity index (χ2v) is 5.43. The van der Waals surface area contributed by atoms with Crippen LogP contribution in [0, 0.1) is 10.5 Å². The minimum atomic E-state index is -0.481. The van der Waals surface area contributed by atoms with Crippen LogP contribution in [0.2, 0.25) is 0 Å². The fourth-order valence-electron chi connectivity index (χ4n) is 1.71. The predicted octanol–water partition coefficient (Wildman–Crippen LogP) is 3.75. The van der Waals surface area contributed by atoms with Crippen molar-refractivity contribution in [2.45, 2.75) is 13.0 Å². The second kappa shape index (κ2) is 6.20. The van der Waals surface area contributed by atoms with Gasteiger partial charge in [-0.2, -0.15) is 0 Å². The van der Waals surface area contributed by atoms with Gasteiger partial charge in [0, 0.05) is 15.8 Å². The van der Waals surface area contributed by atoms with Crippen molar-refractivity contribution < 1.29 is 5.11 Å². The quantitative estimate of drug-likeness (QED) is 0.821. The summed E-state index contributed by atoms with van der Waals surface area (Å²) in [5.41, 5.74) is 3.25. The molecule has 2 N–H and O–H groups in total. The molecule has 0 saturated carbocycles. The fourth-order valence-corrected chi connectivity index (χ4v) is 2.23. The Bertz CT molecular complexity index is 513. The van der Waals surface area contributed by atoms with E-state index in [4.69, 9.17) is 0 Å². The molecular weight excluding hydrogens is 337 g/mol. The van der Waals surface area contributed by atoms with E-state index in [9.17, 15) is 5.11 Å². The van der Waals surface area contributed by atoms with Crippen molar-refractivity contribution in [1.82, 2.24) is 0 Å². The van der Waals surface area contributed by atoms with Gasteiger partial charge in [-0.15, -0.1) is 0 Å². The Morgan fingerprint density at radius 3 is 2.56 bits per heavy atom. The van der Waals surface area contributed by atoms with E-state index in [1.807, 2.05) is 36.4 Å². The number of rotatable bonds is 4. The van der Waals surface area contributed by atoms with E-state index in [-0.39, 0.29) is 0 Å². The molecular formula is C15H16INO. The molecule has 18 heavy (non-hydrogen) atoms. The van der Waals surface area contributed by atoms with Gasteiger partial charge in [0.15, 0.2) is 0 Å². The van der Waals surface area contributed by atoms with Gasteiger partial charge in [-0.1, -0.05) is 36.4 Å². The predicted molar refractivity (Wildman–Crippen MR) is 83.8 cm³/mol. The fraction of sp³-hybridized carbons (Fsp3) is 0.200. The molecule has 3 heteroatoms. The highest BCUT2D eigenvalue weighted by atomic mass is 127. The Morgan fingerprint density at radius 2 is 1.89 bits per heavy atom. The molecule has 0 bridgehead atoms. The lowest BCUT2D eigenvalue weighted by atomic mass is 10.1. The van der Waals surface area contributed by atoms with Crippen LogP contribution in [-0.4, -0.2) is 11.7 Å². The summed E-state index contributed by atoms with van der Waals surface area (Å²) in [4.78, 5) is 0. The molecule has 0 radical (unpaired) electrons. The first-order chi connectivity index (χ1) is 8.66. The summed E-state index contributed by atoms with van der Waals surface area (Å²) in [6, 6.07) is 15.9. The average molecular weight is 353 g/mol. The van der Waals surface area contributed by atoms with E-state index in [0.29, 0.717) is 6.54 Å². The number of benzene rings is 2. The van der Waals surface area contributed by atoms with Gasteiger partial charge in [-0.05, 0) is 52.8 Å². The topological polar surface area (TPSA) is 32.3 Å². The third-order valence-corrected chi connectivity index (χ3v) is 4.02. The Kier molecular flexibility index (Phi) is 4.60. The third kappa shape index (κ3) is 3.46. The Balaban J connectivity index is 1.97. The summed E-state index contributed by atoms with van der Waals surface area (Å²) in [5, 5.41) is 13.3.